The lowest BCUT2D eigenvalue weighted by molar-refractivity contribution is -0.148. The molecule has 1 aromatic rings. The molecule has 0 aliphatic rings. The quantitative estimate of drug-likeness (QED) is 0.760. The molecule has 110 valence electrons. The molecule has 0 radical (unpaired) electrons. The molecule has 0 aromatic heterocycles. The molecule has 1 aromatic carbocycles. The number of carbonyl (C=O) groups excluding carboxylic acids is 1. The van der Waals surface area contributed by atoms with E-state index in [4.69, 9.17) is 9.84 Å². The van der Waals surface area contributed by atoms with Crippen molar-refractivity contribution in [1.29, 1.82) is 0 Å². The first kappa shape index (κ1) is 16.2. The molecule has 2 atom stereocenters. The van der Waals surface area contributed by atoms with E-state index in [2.05, 4.69) is 5.32 Å². The van der Waals surface area contributed by atoms with Gasteiger partial charge in [-0.25, -0.2) is 4.79 Å². The van der Waals surface area contributed by atoms with Crippen LogP contribution >= 0.6 is 0 Å². The number of methoxy groups -OCH3 is 1. The molecule has 5 heteroatoms. The number of nitrogens with one attached hydrogen (secondary N) is 1. The smallest absolute Gasteiger partial charge is 0.334 e. The summed E-state index contributed by atoms with van der Waals surface area (Å²) in [5.41, 5.74) is 0.941. The minimum atomic E-state index is -1.08. The van der Waals surface area contributed by atoms with Gasteiger partial charge in [0.15, 0.2) is 6.10 Å². The zero-order valence-corrected chi connectivity index (χ0v) is 11.8. The van der Waals surface area contributed by atoms with Gasteiger partial charge in [-0.05, 0) is 12.0 Å². The van der Waals surface area contributed by atoms with Gasteiger partial charge in [-0.1, -0.05) is 43.7 Å². The van der Waals surface area contributed by atoms with Gasteiger partial charge in [0, 0.05) is 7.11 Å². The average molecular weight is 279 g/mol. The Balaban J connectivity index is 2.68. The van der Waals surface area contributed by atoms with Gasteiger partial charge in [-0.3, -0.25) is 4.79 Å². The Bertz CT molecular complexity index is 433. The van der Waals surface area contributed by atoms with E-state index < -0.39 is 12.1 Å². The van der Waals surface area contributed by atoms with E-state index in [1.54, 1.807) is 0 Å². The number of hydrogen-bond donors (Lipinski definition) is 2. The van der Waals surface area contributed by atoms with Crippen molar-refractivity contribution in [3.05, 3.63) is 35.9 Å². The van der Waals surface area contributed by atoms with E-state index in [-0.39, 0.29) is 18.4 Å². The normalized spacial score (nSPS) is 13.5. The molecule has 20 heavy (non-hydrogen) atoms. The van der Waals surface area contributed by atoms with Crippen LogP contribution < -0.4 is 5.32 Å². The monoisotopic (exact) mass is 279 g/mol. The van der Waals surface area contributed by atoms with E-state index in [0.717, 1.165) is 18.4 Å². The molecule has 2 N–H and O–H groups in total. The van der Waals surface area contributed by atoms with Crippen molar-refractivity contribution >= 4 is 11.9 Å². The van der Waals surface area contributed by atoms with Gasteiger partial charge in [0.1, 0.15) is 0 Å². The highest BCUT2D eigenvalue weighted by Gasteiger charge is 2.22. The van der Waals surface area contributed by atoms with Crippen molar-refractivity contribution in [3.63, 3.8) is 0 Å². The zero-order chi connectivity index (χ0) is 15.0. The standard InChI is InChI=1S/C15H21NO4/c1-3-7-12(11-8-5-4-6-9-11)14(17)16-10-13(20-2)15(18)19/h4-6,8-9,12-13H,3,7,10H2,1-2H3,(H,16,17)(H,18,19). The summed E-state index contributed by atoms with van der Waals surface area (Å²) in [6.45, 7) is 1.98. The van der Waals surface area contributed by atoms with Crippen molar-refractivity contribution in [2.75, 3.05) is 13.7 Å². The van der Waals surface area contributed by atoms with Gasteiger partial charge in [-0.2, -0.15) is 0 Å². The Morgan fingerprint density at radius 1 is 1.30 bits per heavy atom. The second-order valence-electron chi connectivity index (χ2n) is 4.56. The molecule has 0 spiro atoms. The van der Waals surface area contributed by atoms with Crippen molar-refractivity contribution in [2.45, 2.75) is 31.8 Å². The van der Waals surface area contributed by atoms with Gasteiger partial charge in [-0.15, -0.1) is 0 Å². The highest BCUT2D eigenvalue weighted by atomic mass is 16.5. The number of ether oxygens (including phenoxy) is 1. The van der Waals surface area contributed by atoms with Crippen molar-refractivity contribution < 1.29 is 19.4 Å². The summed E-state index contributed by atoms with van der Waals surface area (Å²) < 4.78 is 4.79. The van der Waals surface area contributed by atoms with Crippen LogP contribution in [0.5, 0.6) is 0 Å². The Kier molecular flexibility index (Phi) is 6.73. The van der Waals surface area contributed by atoms with Crippen LogP contribution in [-0.2, 0) is 14.3 Å². The molecule has 0 fully saturated rings. The molecular formula is C15H21NO4. The molecule has 1 amide bonds. The Morgan fingerprint density at radius 2 is 1.95 bits per heavy atom. The Morgan fingerprint density at radius 3 is 2.45 bits per heavy atom. The summed E-state index contributed by atoms with van der Waals surface area (Å²) in [7, 11) is 1.31. The topological polar surface area (TPSA) is 75.6 Å². The number of benzene rings is 1. The third kappa shape index (κ3) is 4.66. The first-order valence-corrected chi connectivity index (χ1v) is 6.68. The number of rotatable bonds is 8. The average Bonchev–Trinajstić information content (AvgIpc) is 2.45. The predicted molar refractivity (Wildman–Crippen MR) is 75.5 cm³/mol. The van der Waals surface area contributed by atoms with E-state index in [9.17, 15) is 9.59 Å². The summed E-state index contributed by atoms with van der Waals surface area (Å²) in [6.07, 6.45) is 0.581. The molecule has 0 aliphatic carbocycles. The maximum absolute atomic E-state index is 12.2. The third-order valence-corrected chi connectivity index (χ3v) is 3.12. The van der Waals surface area contributed by atoms with Crippen LogP contribution in [0.15, 0.2) is 30.3 Å². The van der Waals surface area contributed by atoms with Crippen molar-refractivity contribution in [2.24, 2.45) is 0 Å². The van der Waals surface area contributed by atoms with Crippen LogP contribution in [0.3, 0.4) is 0 Å². The van der Waals surface area contributed by atoms with Gasteiger partial charge in [0.05, 0.1) is 12.5 Å². The minimum Gasteiger partial charge on any atom is -0.479 e. The van der Waals surface area contributed by atoms with E-state index in [0.29, 0.717) is 0 Å². The summed E-state index contributed by atoms with van der Waals surface area (Å²) >= 11 is 0. The number of hydrogen-bond acceptors (Lipinski definition) is 3. The lowest BCUT2D eigenvalue weighted by atomic mass is 9.93. The van der Waals surface area contributed by atoms with Crippen LogP contribution in [0.25, 0.3) is 0 Å². The summed E-state index contributed by atoms with van der Waals surface area (Å²) in [5.74, 6) is -1.51. The first-order chi connectivity index (χ1) is 9.60. The maximum Gasteiger partial charge on any atom is 0.334 e. The summed E-state index contributed by atoms with van der Waals surface area (Å²) in [4.78, 5) is 23.0. The van der Waals surface area contributed by atoms with Gasteiger partial charge >= 0.3 is 5.97 Å². The number of carboxylic acids is 1. The number of aliphatic carboxylic acids is 1. The highest BCUT2D eigenvalue weighted by Crippen LogP contribution is 2.21. The Labute approximate surface area is 118 Å². The van der Waals surface area contributed by atoms with Crippen LogP contribution in [0.1, 0.15) is 31.2 Å². The molecule has 0 bridgehead atoms. The molecule has 0 saturated carbocycles. The summed E-state index contributed by atoms with van der Waals surface area (Å²) in [5, 5.41) is 11.5. The third-order valence-electron chi connectivity index (χ3n) is 3.12. The molecule has 2 unspecified atom stereocenters. The lowest BCUT2D eigenvalue weighted by Crippen LogP contribution is -2.39. The van der Waals surface area contributed by atoms with Gasteiger partial charge < -0.3 is 15.2 Å². The molecule has 0 saturated heterocycles. The fourth-order valence-corrected chi connectivity index (χ4v) is 2.01. The first-order valence-electron chi connectivity index (χ1n) is 6.68. The fourth-order valence-electron chi connectivity index (χ4n) is 2.01. The second kappa shape index (κ2) is 8.32. The van der Waals surface area contributed by atoms with Crippen LogP contribution in [0, 0.1) is 0 Å². The lowest BCUT2D eigenvalue weighted by Gasteiger charge is -2.18. The number of amides is 1. The van der Waals surface area contributed by atoms with E-state index in [1.165, 1.54) is 7.11 Å². The molecular weight excluding hydrogens is 258 g/mol. The molecule has 5 nitrogen and oxygen atoms in total. The van der Waals surface area contributed by atoms with Crippen LogP contribution in [0.2, 0.25) is 0 Å². The summed E-state index contributed by atoms with van der Waals surface area (Å²) in [6, 6.07) is 9.49. The molecule has 0 aliphatic heterocycles. The largest absolute Gasteiger partial charge is 0.479 e. The number of carboxylic acid groups (broad SMARTS) is 1. The van der Waals surface area contributed by atoms with Crippen LogP contribution in [-0.4, -0.2) is 36.7 Å². The highest BCUT2D eigenvalue weighted by molar-refractivity contribution is 5.84. The van der Waals surface area contributed by atoms with Crippen molar-refractivity contribution in [3.8, 4) is 0 Å². The number of carbonyl (C=O) groups is 2. The van der Waals surface area contributed by atoms with E-state index >= 15 is 0 Å². The van der Waals surface area contributed by atoms with Crippen molar-refractivity contribution in [1.82, 2.24) is 5.32 Å². The second-order valence-corrected chi connectivity index (χ2v) is 4.56. The Hall–Kier alpha value is -1.88. The SMILES string of the molecule is CCCC(C(=O)NCC(OC)C(=O)O)c1ccccc1. The molecule has 1 rings (SSSR count). The zero-order valence-electron chi connectivity index (χ0n) is 11.8. The minimum absolute atomic E-state index is 0.0300. The fraction of sp³-hybridized carbons (Fsp3) is 0.467. The predicted octanol–water partition coefficient (Wildman–Crippen LogP) is 1.79. The van der Waals surface area contributed by atoms with E-state index in [1.807, 2.05) is 37.3 Å². The maximum atomic E-state index is 12.2. The van der Waals surface area contributed by atoms with Crippen LogP contribution in [0.4, 0.5) is 0 Å². The van der Waals surface area contributed by atoms with Gasteiger partial charge in [0.2, 0.25) is 5.91 Å². The van der Waals surface area contributed by atoms with Gasteiger partial charge in [0.25, 0.3) is 0 Å². The molecule has 0 heterocycles.